The van der Waals surface area contributed by atoms with Crippen molar-refractivity contribution in [3.63, 3.8) is 0 Å². The summed E-state index contributed by atoms with van der Waals surface area (Å²) in [7, 11) is 1.98. The number of aromatic nitrogens is 2. The van der Waals surface area contributed by atoms with Crippen LogP contribution in [0.25, 0.3) is 0 Å². The molecule has 0 fully saturated rings. The Balaban J connectivity index is 0.00000529. The van der Waals surface area contributed by atoms with E-state index in [2.05, 4.69) is 55.3 Å². The average Bonchev–Trinajstić information content (AvgIpc) is 2.76. The summed E-state index contributed by atoms with van der Waals surface area (Å²) < 4.78 is 1.92. The average molecular weight is 450 g/mol. The van der Waals surface area contributed by atoms with E-state index in [1.54, 1.807) is 0 Å². The first-order valence-corrected chi connectivity index (χ1v) is 8.69. The quantitative estimate of drug-likeness (QED) is 0.363. The molecule has 6 nitrogen and oxygen atoms in total. The second kappa shape index (κ2) is 11.7. The van der Waals surface area contributed by atoms with Crippen molar-refractivity contribution >= 4 is 29.9 Å². The summed E-state index contributed by atoms with van der Waals surface area (Å²) >= 11 is 0. The van der Waals surface area contributed by atoms with Crippen molar-refractivity contribution in [1.82, 2.24) is 25.3 Å². The number of likely N-dealkylation sites (N-methyl/N-ethyl adjacent to an activating group) is 1. The molecule has 0 radical (unpaired) electrons. The number of guanidine groups is 1. The van der Waals surface area contributed by atoms with E-state index in [1.165, 1.54) is 11.3 Å². The fourth-order valence-electron chi connectivity index (χ4n) is 2.77. The number of aliphatic imine (C=N–C) groups is 1. The van der Waals surface area contributed by atoms with Crippen LogP contribution >= 0.6 is 24.0 Å². The van der Waals surface area contributed by atoms with Crippen LogP contribution in [0.2, 0.25) is 0 Å². The number of aryl methyl sites for hydroxylation is 2. The molecule has 0 aliphatic heterocycles. The number of hydrogen-bond donors (Lipinski definition) is 2. The van der Waals surface area contributed by atoms with Crippen LogP contribution in [-0.4, -0.2) is 52.9 Å². The van der Waals surface area contributed by atoms with Crippen LogP contribution in [-0.2, 0) is 13.6 Å². The van der Waals surface area contributed by atoms with Gasteiger partial charge < -0.3 is 10.6 Å². The van der Waals surface area contributed by atoms with Gasteiger partial charge in [0.15, 0.2) is 5.96 Å². The van der Waals surface area contributed by atoms with Crippen LogP contribution < -0.4 is 10.6 Å². The maximum atomic E-state index is 4.72. The molecule has 1 rings (SSSR count). The summed E-state index contributed by atoms with van der Waals surface area (Å²) in [4.78, 5) is 7.16. The topological polar surface area (TPSA) is 57.5 Å². The van der Waals surface area contributed by atoms with Crippen LogP contribution in [0, 0.1) is 13.8 Å². The molecule has 1 unspecified atom stereocenters. The van der Waals surface area contributed by atoms with Gasteiger partial charge in [-0.15, -0.1) is 24.0 Å². The van der Waals surface area contributed by atoms with Crippen LogP contribution in [0.5, 0.6) is 0 Å². The molecule has 1 heterocycles. The lowest BCUT2D eigenvalue weighted by Crippen LogP contribution is -2.46. The monoisotopic (exact) mass is 450 g/mol. The van der Waals surface area contributed by atoms with Gasteiger partial charge in [0.25, 0.3) is 0 Å². The lowest BCUT2D eigenvalue weighted by atomic mass is 10.2. The van der Waals surface area contributed by atoms with Gasteiger partial charge in [-0.1, -0.05) is 13.8 Å². The lowest BCUT2D eigenvalue weighted by Gasteiger charge is -2.27. The van der Waals surface area contributed by atoms with Crippen molar-refractivity contribution in [1.29, 1.82) is 0 Å². The third-order valence-electron chi connectivity index (χ3n) is 4.40. The van der Waals surface area contributed by atoms with Crippen molar-refractivity contribution in [3.8, 4) is 0 Å². The largest absolute Gasteiger partial charge is 0.357 e. The van der Waals surface area contributed by atoms with Gasteiger partial charge in [0.2, 0.25) is 0 Å². The van der Waals surface area contributed by atoms with E-state index in [0.717, 1.165) is 37.8 Å². The van der Waals surface area contributed by atoms with E-state index in [1.807, 2.05) is 18.7 Å². The van der Waals surface area contributed by atoms with Crippen LogP contribution in [0.1, 0.15) is 44.6 Å². The lowest BCUT2D eigenvalue weighted by molar-refractivity contribution is 0.231. The van der Waals surface area contributed by atoms with E-state index in [4.69, 9.17) is 4.99 Å². The molecule has 2 N–H and O–H groups in total. The molecule has 1 aromatic heterocycles. The summed E-state index contributed by atoms with van der Waals surface area (Å²) in [5.74, 6) is 0.870. The molecule has 140 valence electrons. The van der Waals surface area contributed by atoms with Crippen LogP contribution in [0.3, 0.4) is 0 Å². The van der Waals surface area contributed by atoms with E-state index >= 15 is 0 Å². The second-order valence-electron chi connectivity index (χ2n) is 5.92. The molecule has 0 spiro atoms. The second-order valence-corrected chi connectivity index (χ2v) is 5.92. The summed E-state index contributed by atoms with van der Waals surface area (Å²) in [6.07, 6.45) is 0. The minimum absolute atomic E-state index is 0. The van der Waals surface area contributed by atoms with Crippen molar-refractivity contribution in [2.24, 2.45) is 12.0 Å². The fraction of sp³-hybridized carbons (Fsp3) is 0.765. The summed E-state index contributed by atoms with van der Waals surface area (Å²) in [5.41, 5.74) is 3.45. The molecule has 0 saturated heterocycles. The minimum atomic E-state index is 0. The summed E-state index contributed by atoms with van der Waals surface area (Å²) in [6.45, 7) is 17.4. The number of halogens is 1. The molecule has 0 amide bonds. The molecule has 0 aliphatic rings. The zero-order chi connectivity index (χ0) is 17.4. The number of hydrogen-bond acceptors (Lipinski definition) is 3. The van der Waals surface area contributed by atoms with E-state index in [0.29, 0.717) is 12.6 Å². The Labute approximate surface area is 164 Å². The Bertz CT molecular complexity index is 507. The standard InChI is InChI=1S/C17H34N6.HI/c1-8-18-17(19-11-13(4)23(9-2)10-3)20-12-16-14(5)21-22(7)15(16)6;/h13H,8-12H2,1-7H3,(H2,18,19,20);1H. The molecular weight excluding hydrogens is 415 g/mol. The summed E-state index contributed by atoms with van der Waals surface area (Å²) in [5, 5.41) is 11.2. The maximum absolute atomic E-state index is 4.72. The highest BCUT2D eigenvalue weighted by molar-refractivity contribution is 14.0. The molecule has 0 saturated carbocycles. The molecule has 0 bridgehead atoms. The van der Waals surface area contributed by atoms with E-state index in [-0.39, 0.29) is 24.0 Å². The number of rotatable bonds is 8. The van der Waals surface area contributed by atoms with Crippen LogP contribution in [0.15, 0.2) is 4.99 Å². The van der Waals surface area contributed by atoms with Gasteiger partial charge >= 0.3 is 0 Å². The third kappa shape index (κ3) is 6.58. The predicted octanol–water partition coefficient (Wildman–Crippen LogP) is 2.44. The van der Waals surface area contributed by atoms with Gasteiger partial charge in [-0.2, -0.15) is 5.10 Å². The number of nitrogens with zero attached hydrogens (tertiary/aromatic N) is 4. The predicted molar refractivity (Wildman–Crippen MR) is 113 cm³/mol. The first-order valence-electron chi connectivity index (χ1n) is 8.69. The third-order valence-corrected chi connectivity index (χ3v) is 4.40. The smallest absolute Gasteiger partial charge is 0.191 e. The molecule has 7 heteroatoms. The molecular formula is C17H35IN6. The molecule has 0 aromatic carbocycles. The number of nitrogens with one attached hydrogen (secondary N) is 2. The fourth-order valence-corrected chi connectivity index (χ4v) is 2.77. The molecule has 1 atom stereocenters. The maximum Gasteiger partial charge on any atom is 0.191 e. The highest BCUT2D eigenvalue weighted by Gasteiger charge is 2.11. The minimum Gasteiger partial charge on any atom is -0.357 e. The Morgan fingerprint density at radius 3 is 2.29 bits per heavy atom. The van der Waals surface area contributed by atoms with Crippen molar-refractivity contribution < 1.29 is 0 Å². The van der Waals surface area contributed by atoms with E-state index < -0.39 is 0 Å². The van der Waals surface area contributed by atoms with Crippen LogP contribution in [0.4, 0.5) is 0 Å². The van der Waals surface area contributed by atoms with Crippen molar-refractivity contribution in [2.75, 3.05) is 26.2 Å². The van der Waals surface area contributed by atoms with Gasteiger partial charge in [0, 0.05) is 37.4 Å². The normalized spacial score (nSPS) is 12.9. The zero-order valence-electron chi connectivity index (χ0n) is 16.3. The highest BCUT2D eigenvalue weighted by Crippen LogP contribution is 2.12. The van der Waals surface area contributed by atoms with E-state index in [9.17, 15) is 0 Å². The molecule has 24 heavy (non-hydrogen) atoms. The van der Waals surface area contributed by atoms with Crippen molar-refractivity contribution in [2.45, 2.75) is 54.1 Å². The molecule has 1 aromatic rings. The van der Waals surface area contributed by atoms with Gasteiger partial charge in [-0.3, -0.25) is 9.58 Å². The highest BCUT2D eigenvalue weighted by atomic mass is 127. The Morgan fingerprint density at radius 2 is 1.83 bits per heavy atom. The van der Waals surface area contributed by atoms with Gasteiger partial charge in [-0.05, 0) is 40.8 Å². The van der Waals surface area contributed by atoms with Gasteiger partial charge in [-0.25, -0.2) is 4.99 Å². The Kier molecular flexibility index (Phi) is 11.3. The molecule has 0 aliphatic carbocycles. The van der Waals surface area contributed by atoms with Crippen molar-refractivity contribution in [3.05, 3.63) is 17.0 Å². The first-order chi connectivity index (χ1) is 10.9. The zero-order valence-corrected chi connectivity index (χ0v) is 18.6. The SMILES string of the molecule is CCNC(=NCc1c(C)nn(C)c1C)NCC(C)N(CC)CC.I. The summed E-state index contributed by atoms with van der Waals surface area (Å²) in [6, 6.07) is 0.482. The first kappa shape index (κ1) is 23.2. The Hall–Kier alpha value is -0.830. The van der Waals surface area contributed by atoms with Gasteiger partial charge in [0.05, 0.1) is 12.2 Å². The Morgan fingerprint density at radius 1 is 1.21 bits per heavy atom. The van der Waals surface area contributed by atoms with Gasteiger partial charge in [0.1, 0.15) is 0 Å².